The third kappa shape index (κ3) is 3.72. The lowest BCUT2D eigenvalue weighted by molar-refractivity contribution is 0.509. The average Bonchev–Trinajstić information content (AvgIpc) is 2.56. The molecule has 3 aromatic rings. The van der Waals surface area contributed by atoms with E-state index >= 15 is 0 Å². The molecule has 0 aliphatic carbocycles. The Morgan fingerprint density at radius 2 is 1.75 bits per heavy atom. The van der Waals surface area contributed by atoms with Gasteiger partial charge in [-0.05, 0) is 30.3 Å². The maximum absolute atomic E-state index is 13.2. The Bertz CT molecular complexity index is 890. The Morgan fingerprint density at radius 1 is 0.917 bits per heavy atom. The van der Waals surface area contributed by atoms with Crippen molar-refractivity contribution in [3.63, 3.8) is 0 Å². The number of nitrogens with zero attached hydrogens (tertiary/aromatic N) is 2. The summed E-state index contributed by atoms with van der Waals surface area (Å²) in [7, 11) is 0. The van der Waals surface area contributed by atoms with Gasteiger partial charge in [0.05, 0.1) is 15.7 Å². The first-order valence-electron chi connectivity index (χ1n) is 6.79. The molecule has 0 amide bonds. The van der Waals surface area contributed by atoms with Crippen molar-refractivity contribution in [2.24, 2.45) is 0 Å². The van der Waals surface area contributed by atoms with E-state index in [9.17, 15) is 8.78 Å². The molecule has 3 rings (SSSR count). The number of halogens is 4. The van der Waals surface area contributed by atoms with Gasteiger partial charge in [-0.25, -0.2) is 13.8 Å². The highest BCUT2D eigenvalue weighted by molar-refractivity contribution is 6.43. The van der Waals surface area contributed by atoms with Crippen LogP contribution in [0.15, 0.2) is 48.7 Å². The molecule has 122 valence electrons. The highest BCUT2D eigenvalue weighted by Gasteiger charge is 2.07. The Labute approximate surface area is 146 Å². The summed E-state index contributed by atoms with van der Waals surface area (Å²) in [6, 6.07) is 10.2. The normalized spacial score (nSPS) is 10.5. The third-order valence-corrected chi connectivity index (χ3v) is 3.86. The van der Waals surface area contributed by atoms with Crippen LogP contribution in [-0.4, -0.2) is 9.97 Å². The molecule has 0 radical (unpaired) electrons. The Hall–Kier alpha value is -2.44. The standard InChI is InChI=1S/C16H10Cl2F2N4/c17-10-2-1-3-13(15(10)18)23-16-21-7-6-14(24-16)22-9-4-5-11(19)12(20)8-9/h1-8H,(H2,21,22,23,24). The fourth-order valence-corrected chi connectivity index (χ4v) is 2.28. The van der Waals surface area contributed by atoms with Gasteiger partial charge >= 0.3 is 0 Å². The first kappa shape index (κ1) is 16.4. The van der Waals surface area contributed by atoms with E-state index in [4.69, 9.17) is 23.2 Å². The summed E-state index contributed by atoms with van der Waals surface area (Å²) in [6.45, 7) is 0. The van der Waals surface area contributed by atoms with Crippen molar-refractivity contribution in [1.82, 2.24) is 9.97 Å². The summed E-state index contributed by atoms with van der Waals surface area (Å²) in [5.74, 6) is -1.19. The minimum Gasteiger partial charge on any atom is -0.340 e. The van der Waals surface area contributed by atoms with Crippen LogP contribution in [0.3, 0.4) is 0 Å². The van der Waals surface area contributed by atoms with Crippen LogP contribution in [0, 0.1) is 11.6 Å². The van der Waals surface area contributed by atoms with E-state index in [2.05, 4.69) is 20.6 Å². The molecular formula is C16H10Cl2F2N4. The summed E-state index contributed by atoms with van der Waals surface area (Å²) in [6.07, 6.45) is 1.51. The molecule has 8 heteroatoms. The molecule has 1 heterocycles. The van der Waals surface area contributed by atoms with Crippen LogP contribution >= 0.6 is 23.2 Å². The predicted octanol–water partition coefficient (Wildman–Crippen LogP) is 5.55. The summed E-state index contributed by atoms with van der Waals surface area (Å²) in [5, 5.41) is 6.56. The van der Waals surface area contributed by atoms with Crippen molar-refractivity contribution in [3.05, 3.63) is 70.3 Å². The van der Waals surface area contributed by atoms with E-state index in [1.807, 2.05) is 0 Å². The molecule has 0 unspecified atom stereocenters. The van der Waals surface area contributed by atoms with Crippen LogP contribution in [-0.2, 0) is 0 Å². The second-order valence-electron chi connectivity index (χ2n) is 4.75. The minimum atomic E-state index is -0.946. The van der Waals surface area contributed by atoms with Gasteiger partial charge in [0.15, 0.2) is 11.6 Å². The van der Waals surface area contributed by atoms with Crippen LogP contribution in [0.5, 0.6) is 0 Å². The van der Waals surface area contributed by atoms with Crippen molar-refractivity contribution in [2.75, 3.05) is 10.6 Å². The molecule has 0 aliphatic rings. The molecule has 0 bridgehead atoms. The molecule has 0 saturated heterocycles. The quantitative estimate of drug-likeness (QED) is 0.635. The van der Waals surface area contributed by atoms with Gasteiger partial charge in [-0.2, -0.15) is 4.98 Å². The first-order valence-corrected chi connectivity index (χ1v) is 7.54. The molecule has 0 fully saturated rings. The second-order valence-corrected chi connectivity index (χ2v) is 5.53. The summed E-state index contributed by atoms with van der Waals surface area (Å²) >= 11 is 12.1. The zero-order valence-corrected chi connectivity index (χ0v) is 13.5. The van der Waals surface area contributed by atoms with Crippen molar-refractivity contribution in [2.45, 2.75) is 0 Å². The summed E-state index contributed by atoms with van der Waals surface area (Å²) < 4.78 is 26.2. The van der Waals surface area contributed by atoms with Gasteiger partial charge in [0.25, 0.3) is 0 Å². The van der Waals surface area contributed by atoms with Crippen molar-refractivity contribution >= 4 is 46.3 Å². The molecule has 0 atom stereocenters. The van der Waals surface area contributed by atoms with E-state index in [1.54, 1.807) is 24.3 Å². The van der Waals surface area contributed by atoms with Crippen molar-refractivity contribution < 1.29 is 8.78 Å². The van der Waals surface area contributed by atoms with E-state index in [0.717, 1.165) is 12.1 Å². The van der Waals surface area contributed by atoms with Gasteiger partial charge in [-0.1, -0.05) is 29.3 Å². The van der Waals surface area contributed by atoms with Crippen molar-refractivity contribution in [3.8, 4) is 0 Å². The third-order valence-electron chi connectivity index (χ3n) is 3.05. The van der Waals surface area contributed by atoms with E-state index in [-0.39, 0.29) is 5.95 Å². The number of nitrogens with one attached hydrogen (secondary N) is 2. The fourth-order valence-electron chi connectivity index (χ4n) is 1.93. The van der Waals surface area contributed by atoms with Gasteiger partial charge in [0, 0.05) is 18.0 Å². The van der Waals surface area contributed by atoms with Crippen molar-refractivity contribution in [1.29, 1.82) is 0 Å². The zero-order chi connectivity index (χ0) is 17.1. The van der Waals surface area contributed by atoms with Crippen LogP contribution in [0.25, 0.3) is 0 Å². The highest BCUT2D eigenvalue weighted by atomic mass is 35.5. The van der Waals surface area contributed by atoms with Gasteiger partial charge in [0.2, 0.25) is 5.95 Å². The lowest BCUT2D eigenvalue weighted by Crippen LogP contribution is -2.01. The maximum Gasteiger partial charge on any atom is 0.229 e. The predicted molar refractivity (Wildman–Crippen MR) is 91.4 cm³/mol. The van der Waals surface area contributed by atoms with Gasteiger partial charge in [0.1, 0.15) is 5.82 Å². The van der Waals surface area contributed by atoms with E-state index < -0.39 is 11.6 Å². The number of benzene rings is 2. The number of rotatable bonds is 4. The number of hydrogen-bond donors (Lipinski definition) is 2. The van der Waals surface area contributed by atoms with Crippen LogP contribution in [0.1, 0.15) is 0 Å². The summed E-state index contributed by atoms with van der Waals surface area (Å²) in [4.78, 5) is 8.32. The van der Waals surface area contributed by atoms with Gasteiger partial charge in [-0.3, -0.25) is 0 Å². The molecular weight excluding hydrogens is 357 g/mol. The van der Waals surface area contributed by atoms with Gasteiger partial charge < -0.3 is 10.6 Å². The second kappa shape index (κ2) is 6.98. The zero-order valence-electron chi connectivity index (χ0n) is 12.0. The Kier molecular flexibility index (Phi) is 4.78. The average molecular weight is 367 g/mol. The molecule has 24 heavy (non-hydrogen) atoms. The minimum absolute atomic E-state index is 0.270. The molecule has 4 nitrogen and oxygen atoms in total. The lowest BCUT2D eigenvalue weighted by Gasteiger charge is -2.10. The fraction of sp³-hybridized carbons (Fsp3) is 0. The number of hydrogen-bond acceptors (Lipinski definition) is 4. The highest BCUT2D eigenvalue weighted by Crippen LogP contribution is 2.31. The maximum atomic E-state index is 13.2. The SMILES string of the molecule is Fc1ccc(Nc2ccnc(Nc3cccc(Cl)c3Cl)n2)cc1F. The molecule has 1 aromatic heterocycles. The van der Waals surface area contributed by atoms with Crippen LogP contribution < -0.4 is 10.6 Å². The Balaban J connectivity index is 1.81. The largest absolute Gasteiger partial charge is 0.340 e. The molecule has 2 aromatic carbocycles. The van der Waals surface area contributed by atoms with Gasteiger partial charge in [-0.15, -0.1) is 0 Å². The lowest BCUT2D eigenvalue weighted by atomic mass is 10.3. The smallest absolute Gasteiger partial charge is 0.229 e. The Morgan fingerprint density at radius 3 is 2.54 bits per heavy atom. The topological polar surface area (TPSA) is 49.8 Å². The molecule has 2 N–H and O–H groups in total. The van der Waals surface area contributed by atoms with E-state index in [0.29, 0.717) is 27.2 Å². The molecule has 0 aliphatic heterocycles. The number of anilines is 4. The molecule has 0 saturated carbocycles. The van der Waals surface area contributed by atoms with Crippen LogP contribution in [0.2, 0.25) is 10.0 Å². The monoisotopic (exact) mass is 366 g/mol. The van der Waals surface area contributed by atoms with Crippen LogP contribution in [0.4, 0.5) is 31.9 Å². The van der Waals surface area contributed by atoms with E-state index in [1.165, 1.54) is 12.3 Å². The first-order chi connectivity index (χ1) is 11.5. The number of aromatic nitrogens is 2. The molecule has 0 spiro atoms. The summed E-state index contributed by atoms with van der Waals surface area (Å²) in [5.41, 5.74) is 0.911.